The number of hydrogen-bond donors (Lipinski definition) is 0. The summed E-state index contributed by atoms with van der Waals surface area (Å²) < 4.78 is 0. The SMILES string of the molecule is CC(Cc1ccc2c(c1)CCN2CCCc1ccccc1)[N+](=O)[O-]. The van der Waals surface area contributed by atoms with Crippen molar-refractivity contribution in [2.75, 3.05) is 18.0 Å². The monoisotopic (exact) mass is 324 g/mol. The maximum Gasteiger partial charge on any atom is 0.214 e. The van der Waals surface area contributed by atoms with E-state index in [9.17, 15) is 10.1 Å². The molecule has 0 aromatic heterocycles. The van der Waals surface area contributed by atoms with Crippen molar-refractivity contribution < 1.29 is 4.92 Å². The highest BCUT2D eigenvalue weighted by Crippen LogP contribution is 2.29. The largest absolute Gasteiger partial charge is 0.371 e. The van der Waals surface area contributed by atoms with E-state index < -0.39 is 6.04 Å². The van der Waals surface area contributed by atoms with E-state index in [1.807, 2.05) is 6.07 Å². The Kier molecular flexibility index (Phi) is 5.14. The molecule has 0 radical (unpaired) electrons. The third kappa shape index (κ3) is 3.94. The highest BCUT2D eigenvalue weighted by molar-refractivity contribution is 5.59. The number of benzene rings is 2. The summed E-state index contributed by atoms with van der Waals surface area (Å²) in [6.45, 7) is 3.79. The third-order valence-corrected chi connectivity index (χ3v) is 4.76. The fourth-order valence-corrected chi connectivity index (χ4v) is 3.42. The first kappa shape index (κ1) is 16.5. The number of hydrogen-bond acceptors (Lipinski definition) is 3. The van der Waals surface area contributed by atoms with E-state index in [2.05, 4.69) is 47.4 Å². The van der Waals surface area contributed by atoms with Gasteiger partial charge < -0.3 is 4.90 Å². The summed E-state index contributed by atoms with van der Waals surface area (Å²) >= 11 is 0. The van der Waals surface area contributed by atoms with Gasteiger partial charge in [-0.25, -0.2) is 0 Å². The van der Waals surface area contributed by atoms with E-state index in [4.69, 9.17) is 0 Å². The molecule has 126 valence electrons. The lowest BCUT2D eigenvalue weighted by molar-refractivity contribution is -0.517. The summed E-state index contributed by atoms with van der Waals surface area (Å²) in [5.41, 5.74) is 5.11. The number of aryl methyl sites for hydroxylation is 1. The molecule has 0 aliphatic carbocycles. The van der Waals surface area contributed by atoms with Crippen LogP contribution in [0.1, 0.15) is 30.0 Å². The minimum atomic E-state index is -0.522. The molecule has 3 rings (SSSR count). The summed E-state index contributed by atoms with van der Waals surface area (Å²) in [5, 5.41) is 10.8. The van der Waals surface area contributed by atoms with Crippen LogP contribution in [0.15, 0.2) is 48.5 Å². The topological polar surface area (TPSA) is 46.4 Å². The number of nitro groups is 1. The summed E-state index contributed by atoms with van der Waals surface area (Å²) in [6.07, 6.45) is 3.80. The van der Waals surface area contributed by atoms with Gasteiger partial charge in [-0.2, -0.15) is 0 Å². The van der Waals surface area contributed by atoms with Gasteiger partial charge in [0.15, 0.2) is 0 Å². The molecule has 1 unspecified atom stereocenters. The molecule has 4 nitrogen and oxygen atoms in total. The lowest BCUT2D eigenvalue weighted by Crippen LogP contribution is -2.22. The maximum atomic E-state index is 10.8. The molecule has 0 saturated heterocycles. The molecule has 2 aromatic carbocycles. The minimum absolute atomic E-state index is 0.205. The first-order valence-electron chi connectivity index (χ1n) is 8.67. The molecule has 0 spiro atoms. The predicted molar refractivity (Wildman–Crippen MR) is 97.3 cm³/mol. The highest BCUT2D eigenvalue weighted by Gasteiger charge is 2.20. The van der Waals surface area contributed by atoms with Crippen molar-refractivity contribution in [1.82, 2.24) is 0 Å². The molecule has 24 heavy (non-hydrogen) atoms. The zero-order valence-corrected chi connectivity index (χ0v) is 14.1. The fraction of sp³-hybridized carbons (Fsp3) is 0.400. The minimum Gasteiger partial charge on any atom is -0.371 e. The molecule has 1 atom stereocenters. The summed E-state index contributed by atoms with van der Waals surface area (Å²) in [4.78, 5) is 13.1. The third-order valence-electron chi connectivity index (χ3n) is 4.76. The van der Waals surface area contributed by atoms with Gasteiger partial charge >= 0.3 is 0 Å². The van der Waals surface area contributed by atoms with Crippen LogP contribution in [0.3, 0.4) is 0 Å². The van der Waals surface area contributed by atoms with Crippen LogP contribution in [-0.2, 0) is 19.3 Å². The molecule has 0 amide bonds. The van der Waals surface area contributed by atoms with E-state index in [1.165, 1.54) is 16.8 Å². The van der Waals surface area contributed by atoms with Crippen molar-refractivity contribution >= 4 is 5.69 Å². The summed E-state index contributed by atoms with van der Waals surface area (Å²) in [5.74, 6) is 0. The Morgan fingerprint density at radius 2 is 1.96 bits per heavy atom. The second kappa shape index (κ2) is 7.47. The number of fused-ring (bicyclic) bond motifs is 1. The van der Waals surface area contributed by atoms with Gasteiger partial charge in [0.2, 0.25) is 6.04 Å². The van der Waals surface area contributed by atoms with E-state index in [0.717, 1.165) is 37.9 Å². The van der Waals surface area contributed by atoms with Crippen LogP contribution in [0.2, 0.25) is 0 Å². The van der Waals surface area contributed by atoms with Crippen LogP contribution in [0.25, 0.3) is 0 Å². The first-order valence-corrected chi connectivity index (χ1v) is 8.67. The Bertz CT molecular complexity index is 700. The average Bonchev–Trinajstić information content (AvgIpc) is 2.98. The molecule has 4 heteroatoms. The van der Waals surface area contributed by atoms with Gasteiger partial charge in [0.25, 0.3) is 0 Å². The fourth-order valence-electron chi connectivity index (χ4n) is 3.42. The predicted octanol–water partition coefficient (Wildman–Crippen LogP) is 3.89. The Balaban J connectivity index is 1.57. The number of anilines is 1. The smallest absolute Gasteiger partial charge is 0.214 e. The lowest BCUT2D eigenvalue weighted by atomic mass is 10.0. The van der Waals surface area contributed by atoms with Crippen molar-refractivity contribution in [1.29, 1.82) is 0 Å². The zero-order chi connectivity index (χ0) is 16.9. The van der Waals surface area contributed by atoms with E-state index in [-0.39, 0.29) is 4.92 Å². The van der Waals surface area contributed by atoms with Crippen LogP contribution in [0.4, 0.5) is 5.69 Å². The molecule has 0 bridgehead atoms. The second-order valence-electron chi connectivity index (χ2n) is 6.63. The van der Waals surface area contributed by atoms with Crippen LogP contribution in [0, 0.1) is 10.1 Å². The molecular formula is C20H24N2O2. The Morgan fingerprint density at radius 1 is 1.17 bits per heavy atom. The van der Waals surface area contributed by atoms with Crippen LogP contribution in [-0.4, -0.2) is 24.1 Å². The number of rotatable bonds is 7. The van der Waals surface area contributed by atoms with Gasteiger partial charge in [-0.05, 0) is 42.0 Å². The van der Waals surface area contributed by atoms with E-state index >= 15 is 0 Å². The molecule has 0 saturated carbocycles. The molecule has 1 heterocycles. The highest BCUT2D eigenvalue weighted by atomic mass is 16.6. The molecular weight excluding hydrogens is 300 g/mol. The molecule has 0 N–H and O–H groups in total. The van der Waals surface area contributed by atoms with Gasteiger partial charge in [0, 0.05) is 37.0 Å². The van der Waals surface area contributed by atoms with Gasteiger partial charge in [0.1, 0.15) is 0 Å². The van der Waals surface area contributed by atoms with Gasteiger partial charge in [-0.3, -0.25) is 10.1 Å². The van der Waals surface area contributed by atoms with Crippen LogP contribution >= 0.6 is 0 Å². The second-order valence-corrected chi connectivity index (χ2v) is 6.63. The zero-order valence-electron chi connectivity index (χ0n) is 14.1. The Hall–Kier alpha value is -2.36. The van der Waals surface area contributed by atoms with Crippen LogP contribution in [0.5, 0.6) is 0 Å². The molecule has 2 aromatic rings. The molecule has 1 aliphatic heterocycles. The average molecular weight is 324 g/mol. The van der Waals surface area contributed by atoms with Crippen LogP contribution < -0.4 is 4.90 Å². The van der Waals surface area contributed by atoms with E-state index in [0.29, 0.717) is 6.42 Å². The quantitative estimate of drug-likeness (QED) is 0.573. The maximum absolute atomic E-state index is 10.8. The van der Waals surface area contributed by atoms with Crippen molar-refractivity contribution in [3.8, 4) is 0 Å². The van der Waals surface area contributed by atoms with Crippen molar-refractivity contribution in [2.24, 2.45) is 0 Å². The molecule has 0 fully saturated rings. The first-order chi connectivity index (χ1) is 11.6. The number of nitrogens with zero attached hydrogens (tertiary/aromatic N) is 2. The normalized spacial score (nSPS) is 14.5. The summed E-state index contributed by atoms with van der Waals surface area (Å²) in [7, 11) is 0. The molecule has 1 aliphatic rings. The van der Waals surface area contributed by atoms with Gasteiger partial charge in [-0.15, -0.1) is 0 Å². The standard InChI is InChI=1S/C20H24N2O2/c1-16(22(23)24)14-18-9-10-20-19(15-18)11-13-21(20)12-5-8-17-6-3-2-4-7-17/h2-4,6-7,9-10,15-16H,5,8,11-14H2,1H3. The Labute approximate surface area is 143 Å². The van der Waals surface area contributed by atoms with Crippen molar-refractivity contribution in [3.05, 3.63) is 75.3 Å². The van der Waals surface area contributed by atoms with Crippen molar-refractivity contribution in [3.63, 3.8) is 0 Å². The summed E-state index contributed by atoms with van der Waals surface area (Å²) in [6, 6.07) is 16.4. The van der Waals surface area contributed by atoms with Gasteiger partial charge in [0.05, 0.1) is 0 Å². The van der Waals surface area contributed by atoms with Gasteiger partial charge in [-0.1, -0.05) is 42.5 Å². The lowest BCUT2D eigenvalue weighted by Gasteiger charge is -2.19. The Morgan fingerprint density at radius 3 is 2.71 bits per heavy atom. The van der Waals surface area contributed by atoms with Crippen molar-refractivity contribution in [2.45, 2.75) is 38.6 Å². The van der Waals surface area contributed by atoms with E-state index in [1.54, 1.807) is 6.92 Å².